The van der Waals surface area contributed by atoms with Crippen LogP contribution in [0.3, 0.4) is 0 Å². The van der Waals surface area contributed by atoms with Crippen LogP contribution in [0.5, 0.6) is 17.2 Å². The molecule has 2 aromatic heterocycles. The van der Waals surface area contributed by atoms with Crippen LogP contribution in [0, 0.1) is 31.3 Å². The van der Waals surface area contributed by atoms with Gasteiger partial charge < -0.3 is 36.4 Å². The molecule has 9 aromatic carbocycles. The van der Waals surface area contributed by atoms with Gasteiger partial charge in [-0.05, 0) is 239 Å². The number of hydrazone groups is 1. The van der Waals surface area contributed by atoms with Gasteiger partial charge in [0.05, 0.1) is 57.2 Å². The van der Waals surface area contributed by atoms with Gasteiger partial charge in [0.15, 0.2) is 22.9 Å². The molecule has 26 heteroatoms. The maximum atomic E-state index is 14.4. The van der Waals surface area contributed by atoms with E-state index >= 15 is 0 Å². The zero-order valence-electron chi connectivity index (χ0n) is 58.2. The van der Waals surface area contributed by atoms with Gasteiger partial charge >= 0.3 is 17.9 Å². The van der Waals surface area contributed by atoms with E-state index < -0.39 is 46.5 Å². The number of rotatable bonds is 13. The van der Waals surface area contributed by atoms with Crippen LogP contribution in [0.2, 0.25) is 0 Å². The molecule has 0 radical (unpaired) electrons. The summed E-state index contributed by atoms with van der Waals surface area (Å²) in [6.07, 6.45) is 13.9. The predicted molar refractivity (Wildman–Crippen MR) is 418 cm³/mol. The second kappa shape index (κ2) is 35.0. The van der Waals surface area contributed by atoms with Crippen molar-refractivity contribution in [2.45, 2.75) is 127 Å². The van der Waals surface area contributed by atoms with Crippen molar-refractivity contribution in [3.05, 3.63) is 263 Å². The lowest BCUT2D eigenvalue weighted by Gasteiger charge is -2.19. The molecule has 10 N–H and O–H groups in total. The first-order valence-corrected chi connectivity index (χ1v) is 34.4. The number of nitrogen functional groups attached to an aromatic ring is 1. The van der Waals surface area contributed by atoms with E-state index in [1.807, 2.05) is 49.4 Å². The Morgan fingerprint density at radius 1 is 0.427 bits per heavy atom. The second-order valence-electron chi connectivity index (χ2n) is 26.2. The number of halogens is 3. The van der Waals surface area contributed by atoms with Crippen molar-refractivity contribution in [1.29, 1.82) is 0 Å². The molecular weight excluding hydrogens is 1410 g/mol. The number of carboxylic acids is 3. The van der Waals surface area contributed by atoms with Crippen LogP contribution in [-0.2, 0) is 43.3 Å². The summed E-state index contributed by atoms with van der Waals surface area (Å²) in [6, 6.07) is 41.8. The molecule has 1 aliphatic heterocycles. The van der Waals surface area contributed by atoms with Crippen LogP contribution in [0.25, 0.3) is 44.8 Å². The van der Waals surface area contributed by atoms with E-state index in [-0.39, 0.29) is 107 Å². The maximum Gasteiger partial charge on any atom is 0.335 e. The number of carbonyl (C=O) groups is 4. The number of hydrogen-bond donors (Lipinski definition) is 9. The highest BCUT2D eigenvalue weighted by Gasteiger charge is 2.25. The average Bonchev–Trinajstić information content (AvgIpc) is 1.59. The lowest BCUT2D eigenvalue weighted by atomic mass is 9.91. The number of aromatic nitrogens is 4. The summed E-state index contributed by atoms with van der Waals surface area (Å²) >= 11 is 0. The maximum absolute atomic E-state index is 14.4. The smallest absolute Gasteiger partial charge is 0.335 e. The number of anilines is 2. The zero-order valence-corrected chi connectivity index (χ0v) is 58.2. The number of amides is 1. The molecule has 3 heterocycles. The number of carbonyl (C=O) groups excluding carboxylic acids is 1. The summed E-state index contributed by atoms with van der Waals surface area (Å²) in [5.41, 5.74) is 17.5. The number of benzene rings is 9. The van der Waals surface area contributed by atoms with E-state index in [9.17, 15) is 67.5 Å². The normalized spacial score (nSPS) is 13.3. The molecule has 110 heavy (non-hydrogen) atoms. The average molecular weight is 1500 g/mol. The number of aromatic carboxylic acids is 3. The summed E-state index contributed by atoms with van der Waals surface area (Å²) in [6.45, 7) is 5.26. The molecule has 3 aliphatic carbocycles. The molecule has 0 saturated carbocycles. The van der Waals surface area contributed by atoms with Gasteiger partial charge in [-0.2, -0.15) is 5.10 Å². The highest BCUT2D eigenvalue weighted by Crippen LogP contribution is 2.42. The molecule has 11 aromatic rings. The van der Waals surface area contributed by atoms with Crippen LogP contribution in [0.1, 0.15) is 150 Å². The van der Waals surface area contributed by atoms with Crippen molar-refractivity contribution < 1.29 is 63.0 Å². The van der Waals surface area contributed by atoms with Gasteiger partial charge in [-0.3, -0.25) is 24.6 Å². The molecule has 0 bridgehead atoms. The third kappa shape index (κ3) is 18.1. The van der Waals surface area contributed by atoms with Gasteiger partial charge in [0.2, 0.25) is 0 Å². The molecule has 0 saturated heterocycles. The van der Waals surface area contributed by atoms with Crippen molar-refractivity contribution in [3.63, 3.8) is 0 Å². The van der Waals surface area contributed by atoms with E-state index in [0.717, 1.165) is 106 Å². The molecular formula is C84H84F3N11O12. The number of fused-ring (bicyclic) bond motifs is 3. The molecule has 568 valence electrons. The number of aryl methyl sites for hydroxylation is 8. The van der Waals surface area contributed by atoms with E-state index in [1.165, 1.54) is 117 Å². The Kier molecular flexibility index (Phi) is 25.7. The largest absolute Gasteiger partial charge is 0.505 e. The third-order valence-electron chi connectivity index (χ3n) is 18.7. The third-order valence-corrected chi connectivity index (χ3v) is 18.7. The van der Waals surface area contributed by atoms with Crippen LogP contribution < -0.4 is 21.9 Å². The van der Waals surface area contributed by atoms with Crippen LogP contribution >= 0.6 is 0 Å². The molecule has 0 spiro atoms. The Morgan fingerprint density at radius 3 is 1.12 bits per heavy atom. The number of H-pyrrole nitrogens is 2. The van der Waals surface area contributed by atoms with Gasteiger partial charge in [-0.1, -0.05) is 76.9 Å². The lowest BCUT2D eigenvalue weighted by molar-refractivity contribution is -0.116. The van der Waals surface area contributed by atoms with Gasteiger partial charge in [0.25, 0.3) is 17.0 Å². The quantitative estimate of drug-likeness (QED) is 0.0295. The van der Waals surface area contributed by atoms with Gasteiger partial charge in [-0.15, -0.1) is 20.5 Å². The number of hydrogen-bond acceptors (Lipinski definition) is 15. The van der Waals surface area contributed by atoms with Crippen molar-refractivity contribution in [2.24, 2.45) is 25.6 Å². The van der Waals surface area contributed by atoms with E-state index in [1.54, 1.807) is 37.1 Å². The van der Waals surface area contributed by atoms with Crippen molar-refractivity contribution in [1.82, 2.24) is 19.6 Å². The number of carboxylic acid groups (broad SMARTS) is 3. The highest BCUT2D eigenvalue weighted by molar-refractivity contribution is 6.12. The number of nitrogens with zero attached hydrogens (tertiary/aromatic N) is 8. The number of nitrogens with two attached hydrogens (primary N) is 1. The number of nitrogens with one attached hydrogen (secondary N) is 2. The predicted octanol–water partition coefficient (Wildman–Crippen LogP) is 19.0. The minimum atomic E-state index is -1.15. The lowest BCUT2D eigenvalue weighted by Crippen LogP contribution is -2.20. The fourth-order valence-corrected chi connectivity index (χ4v) is 13.3. The minimum Gasteiger partial charge on any atom is -0.505 e. The highest BCUT2D eigenvalue weighted by atomic mass is 19.1. The molecule has 0 fully saturated rings. The Hall–Kier alpha value is -13.3. The summed E-state index contributed by atoms with van der Waals surface area (Å²) in [7, 11) is 0. The second-order valence-corrected chi connectivity index (χ2v) is 26.2. The van der Waals surface area contributed by atoms with E-state index in [4.69, 9.17) is 10.8 Å². The molecule has 0 atom stereocenters. The zero-order chi connectivity index (χ0) is 75.9. The number of phenols is 3. The number of aromatic hydroxyl groups is 3. The first-order valence-electron chi connectivity index (χ1n) is 34.4. The minimum absolute atomic E-state index is 0. The molecule has 15 rings (SSSR count). The van der Waals surface area contributed by atoms with Gasteiger partial charge in [0, 0.05) is 40.6 Å². The molecule has 23 nitrogen and oxygen atoms in total. The number of phenolic OH excluding ortho intramolecular Hbond substituents is 3. The van der Waals surface area contributed by atoms with Crippen molar-refractivity contribution >= 4 is 63.7 Å². The summed E-state index contributed by atoms with van der Waals surface area (Å²) < 4.78 is 44.8. The Balaban J connectivity index is 0.000000176. The van der Waals surface area contributed by atoms with E-state index in [0.29, 0.717) is 45.9 Å². The molecule has 4 aliphatic rings. The first-order chi connectivity index (χ1) is 51.3. The molecule has 1 amide bonds. The van der Waals surface area contributed by atoms with Crippen molar-refractivity contribution in [2.75, 3.05) is 10.7 Å². The Labute approximate surface area is 631 Å². The standard InChI is InChI=1S/2C27H23FN4O4.C14H16N2O.C13H10FNO3.3CH4/c2*1-15-24(26(34)32(31-15)21-10-9-16-5-2-3-6-17(16)12-21)30-29-23-14-20(28)13-22(25(23)33)18-7-4-8-19(11-18)27(35)36;1-10-8-14(17)16(15-10)13-7-6-11-4-2-3-5-12(11)9-13;14-9-5-10(12(16)11(15)6-9)7-2-1-3-8(4-7)13(17)18;;;/h2*4,7-14,31,33H,2-3,5-6H2,1H3,(H,35,36);6-7,9H,2-5,8H2,1H3;1-6,16H,15H2,(H,17,18);3*1H4. The van der Waals surface area contributed by atoms with E-state index in [2.05, 4.69) is 47.9 Å². The topological polar surface area (TPSA) is 356 Å². The van der Waals surface area contributed by atoms with Gasteiger partial charge in [-0.25, -0.2) is 41.9 Å². The summed E-state index contributed by atoms with van der Waals surface area (Å²) in [5, 5.41) is 86.5. The van der Waals surface area contributed by atoms with Crippen LogP contribution in [-0.4, -0.2) is 79.7 Å². The summed E-state index contributed by atoms with van der Waals surface area (Å²) in [5.74, 6) is -6.34. The first kappa shape index (κ1) is 80.8. The summed E-state index contributed by atoms with van der Waals surface area (Å²) in [4.78, 5) is 71.4. The van der Waals surface area contributed by atoms with Gasteiger partial charge in [0.1, 0.15) is 34.6 Å². The fraction of sp³-hybridized carbons (Fsp3) is 0.226. The van der Waals surface area contributed by atoms with Crippen LogP contribution in [0.15, 0.2) is 199 Å². The molecule has 0 unspecified atom stereocenters. The fourth-order valence-electron chi connectivity index (χ4n) is 13.3. The number of aromatic amines is 2. The van der Waals surface area contributed by atoms with Crippen LogP contribution in [0.4, 0.5) is 47.3 Å². The van der Waals surface area contributed by atoms with Crippen molar-refractivity contribution in [3.8, 4) is 62.0 Å². The monoisotopic (exact) mass is 1500 g/mol. The number of azo groups is 2. The SMILES string of the molecule is C.C.C.CC1=NN(c2ccc3c(c2)CCCC3)C(=O)C1.Cc1[nH]n(-c2ccc3c(c2)CCCC3)c(=O)c1N=Nc1cc(F)cc(-c2cccc(C(=O)O)c2)c1O.Cc1[nH]n(-c2ccc3c(c2)CCCC3)c(=O)c1N=Nc1cc(F)cc(-c2cccc(C(=O)O)c2)c1O.Nc1cc(F)cc(-c2cccc(C(=O)O)c2)c1O. The Morgan fingerprint density at radius 2 is 0.764 bits per heavy atom. The Bertz CT molecular complexity index is 5340.